The van der Waals surface area contributed by atoms with E-state index in [0.717, 1.165) is 0 Å². The van der Waals surface area contributed by atoms with Crippen LogP contribution in [-0.2, 0) is 14.3 Å². The first-order valence-electron chi connectivity index (χ1n) is 8.69. The molecule has 0 heterocycles. The van der Waals surface area contributed by atoms with Crippen LogP contribution >= 0.6 is 11.6 Å². The number of halogens is 1. The highest BCUT2D eigenvalue weighted by Crippen LogP contribution is 2.37. The van der Waals surface area contributed by atoms with Crippen molar-refractivity contribution in [2.75, 3.05) is 26.1 Å². The summed E-state index contributed by atoms with van der Waals surface area (Å²) in [5.74, 6) is -1.57. The van der Waals surface area contributed by atoms with Gasteiger partial charge in [0.2, 0.25) is 0 Å². The Bertz CT molecular complexity index is 1070. The average molecular weight is 444 g/mol. The Morgan fingerprint density at radius 2 is 1.87 bits per heavy atom. The normalized spacial score (nSPS) is 10.6. The van der Waals surface area contributed by atoms with E-state index in [1.165, 1.54) is 56.7 Å². The topological polar surface area (TPSA) is 141 Å². The number of nitriles is 1. The second-order valence-electron chi connectivity index (χ2n) is 5.98. The summed E-state index contributed by atoms with van der Waals surface area (Å²) in [5.41, 5.74) is 5.94. The van der Waals surface area contributed by atoms with Crippen LogP contribution in [0, 0.1) is 11.3 Å². The van der Waals surface area contributed by atoms with E-state index >= 15 is 0 Å². The molecule has 0 fully saturated rings. The van der Waals surface area contributed by atoms with Gasteiger partial charge in [0.05, 0.1) is 24.8 Å². The van der Waals surface area contributed by atoms with Crippen molar-refractivity contribution >= 4 is 41.1 Å². The predicted molar refractivity (Wildman–Crippen MR) is 113 cm³/mol. The summed E-state index contributed by atoms with van der Waals surface area (Å²) in [6.45, 7) is -0.397. The minimum absolute atomic E-state index is 0.1000. The molecule has 3 N–H and O–H groups in total. The Labute approximate surface area is 182 Å². The number of nitrogens with one attached hydrogen (secondary N) is 1. The third-order valence-corrected chi connectivity index (χ3v) is 4.13. The van der Waals surface area contributed by atoms with Gasteiger partial charge in [-0.25, -0.2) is 4.79 Å². The molecule has 0 aliphatic heterocycles. The number of carbonyl (C=O) groups is 3. The number of carbonyl (C=O) groups excluding carboxylic acids is 3. The maximum Gasteiger partial charge on any atom is 0.337 e. The first-order valence-corrected chi connectivity index (χ1v) is 9.07. The minimum Gasteiger partial charge on any atom is -0.493 e. The lowest BCUT2D eigenvalue weighted by molar-refractivity contribution is -0.120. The molecule has 0 aliphatic carbocycles. The second-order valence-corrected chi connectivity index (χ2v) is 6.39. The molecular formula is C21H18ClN3O6. The van der Waals surface area contributed by atoms with Crippen LogP contribution < -0.4 is 20.5 Å². The fraction of sp³-hybridized carbons (Fsp3) is 0.143. The third kappa shape index (κ3) is 6.22. The van der Waals surface area contributed by atoms with E-state index in [1.54, 1.807) is 0 Å². The molecule has 0 atom stereocenters. The molecule has 0 aromatic heterocycles. The van der Waals surface area contributed by atoms with Crippen LogP contribution in [0.5, 0.6) is 11.5 Å². The van der Waals surface area contributed by atoms with E-state index in [1.807, 2.05) is 6.07 Å². The van der Waals surface area contributed by atoms with Crippen LogP contribution in [0.1, 0.15) is 15.9 Å². The molecule has 0 saturated heterocycles. The summed E-state index contributed by atoms with van der Waals surface area (Å²) >= 11 is 6.18. The molecule has 2 amide bonds. The number of benzene rings is 2. The Kier molecular flexibility index (Phi) is 8.00. The quantitative estimate of drug-likeness (QED) is 0.362. The molecule has 0 saturated carbocycles. The zero-order chi connectivity index (χ0) is 23.0. The van der Waals surface area contributed by atoms with Gasteiger partial charge in [0.1, 0.15) is 11.6 Å². The van der Waals surface area contributed by atoms with Gasteiger partial charge in [0, 0.05) is 5.69 Å². The Balaban J connectivity index is 2.25. The molecule has 0 spiro atoms. The molecule has 160 valence electrons. The molecule has 0 radical (unpaired) electrons. The van der Waals surface area contributed by atoms with Crippen LogP contribution in [-0.4, -0.2) is 38.6 Å². The molecule has 0 bridgehead atoms. The molecule has 2 aromatic rings. The molecule has 31 heavy (non-hydrogen) atoms. The molecule has 10 heteroatoms. The minimum atomic E-state index is -0.690. The van der Waals surface area contributed by atoms with Crippen LogP contribution in [0.3, 0.4) is 0 Å². The van der Waals surface area contributed by atoms with Gasteiger partial charge in [0.25, 0.3) is 11.8 Å². The van der Waals surface area contributed by atoms with Gasteiger partial charge in [-0.1, -0.05) is 11.6 Å². The fourth-order valence-corrected chi connectivity index (χ4v) is 2.70. The van der Waals surface area contributed by atoms with Gasteiger partial charge < -0.3 is 25.3 Å². The molecule has 2 rings (SSSR count). The Morgan fingerprint density at radius 1 is 1.19 bits per heavy atom. The number of anilines is 1. The van der Waals surface area contributed by atoms with Gasteiger partial charge in [-0.15, -0.1) is 0 Å². The SMILES string of the molecule is COC(=O)c1ccc(NC(=O)/C(C#N)=C/c2cc(Cl)c(OCC(N)=O)c(OC)c2)cc1. The van der Waals surface area contributed by atoms with Crippen molar-refractivity contribution in [2.24, 2.45) is 5.73 Å². The molecular weight excluding hydrogens is 426 g/mol. The number of rotatable bonds is 8. The van der Waals surface area contributed by atoms with Crippen molar-refractivity contribution in [3.05, 3.63) is 58.1 Å². The van der Waals surface area contributed by atoms with E-state index in [4.69, 9.17) is 26.8 Å². The Morgan fingerprint density at radius 3 is 2.42 bits per heavy atom. The fourth-order valence-electron chi connectivity index (χ4n) is 2.43. The number of hydrogen-bond donors (Lipinski definition) is 2. The molecule has 2 aromatic carbocycles. The first-order chi connectivity index (χ1) is 14.8. The molecule has 9 nitrogen and oxygen atoms in total. The van der Waals surface area contributed by atoms with Crippen LogP contribution in [0.15, 0.2) is 42.0 Å². The lowest BCUT2D eigenvalue weighted by atomic mass is 10.1. The predicted octanol–water partition coefficient (Wildman–Crippen LogP) is 2.54. The lowest BCUT2D eigenvalue weighted by Gasteiger charge is -2.12. The zero-order valence-electron chi connectivity index (χ0n) is 16.6. The van der Waals surface area contributed by atoms with Crippen molar-refractivity contribution < 1.29 is 28.6 Å². The maximum atomic E-state index is 12.5. The van der Waals surface area contributed by atoms with Gasteiger partial charge in [-0.05, 0) is 48.0 Å². The van der Waals surface area contributed by atoms with Crippen molar-refractivity contribution in [2.45, 2.75) is 0 Å². The summed E-state index contributed by atoms with van der Waals surface area (Å²) in [7, 11) is 2.63. The zero-order valence-corrected chi connectivity index (χ0v) is 17.4. The highest BCUT2D eigenvalue weighted by Gasteiger charge is 2.15. The number of esters is 1. The largest absolute Gasteiger partial charge is 0.493 e. The van der Waals surface area contributed by atoms with Crippen molar-refractivity contribution in [1.29, 1.82) is 5.26 Å². The monoisotopic (exact) mass is 443 g/mol. The summed E-state index contributed by atoms with van der Waals surface area (Å²) in [6, 6.07) is 10.7. The van der Waals surface area contributed by atoms with Crippen molar-refractivity contribution in [1.82, 2.24) is 0 Å². The highest BCUT2D eigenvalue weighted by molar-refractivity contribution is 6.32. The number of amides is 2. The van der Waals surface area contributed by atoms with Gasteiger partial charge >= 0.3 is 5.97 Å². The second kappa shape index (κ2) is 10.7. The summed E-state index contributed by atoms with van der Waals surface area (Å²) in [4.78, 5) is 34.9. The molecule has 0 aliphatic rings. The first kappa shape index (κ1) is 23.3. The maximum absolute atomic E-state index is 12.5. The average Bonchev–Trinajstić information content (AvgIpc) is 2.75. The van der Waals surface area contributed by atoms with Crippen LogP contribution in [0.2, 0.25) is 5.02 Å². The standard InChI is InChI=1S/C21H18ClN3O6/c1-29-17-9-12(8-16(22)19(17)31-11-18(24)26)7-14(10-23)20(27)25-15-5-3-13(4-6-15)21(28)30-2/h3-9H,11H2,1-2H3,(H2,24,26)(H,25,27)/b14-7+. The summed E-state index contributed by atoms with van der Waals surface area (Å²) in [6.07, 6.45) is 1.31. The van der Waals surface area contributed by atoms with Gasteiger partial charge in [0.15, 0.2) is 18.1 Å². The number of nitrogens with zero attached hydrogens (tertiary/aromatic N) is 1. The summed E-state index contributed by atoms with van der Waals surface area (Å²) in [5, 5.41) is 12.1. The van der Waals surface area contributed by atoms with Gasteiger partial charge in [-0.2, -0.15) is 5.26 Å². The molecule has 0 unspecified atom stereocenters. The number of methoxy groups -OCH3 is 2. The smallest absolute Gasteiger partial charge is 0.337 e. The lowest BCUT2D eigenvalue weighted by Crippen LogP contribution is -2.20. The summed E-state index contributed by atoms with van der Waals surface area (Å²) < 4.78 is 15.0. The van der Waals surface area contributed by atoms with E-state index < -0.39 is 24.4 Å². The number of primary amides is 1. The third-order valence-electron chi connectivity index (χ3n) is 3.85. The van der Waals surface area contributed by atoms with Crippen LogP contribution in [0.25, 0.3) is 6.08 Å². The number of ether oxygens (including phenoxy) is 3. The Hall–Kier alpha value is -4.03. The van der Waals surface area contributed by atoms with Crippen molar-refractivity contribution in [3.63, 3.8) is 0 Å². The van der Waals surface area contributed by atoms with Crippen LogP contribution in [0.4, 0.5) is 5.69 Å². The highest BCUT2D eigenvalue weighted by atomic mass is 35.5. The van der Waals surface area contributed by atoms with E-state index in [0.29, 0.717) is 16.8 Å². The van der Waals surface area contributed by atoms with E-state index in [2.05, 4.69) is 10.1 Å². The number of nitrogens with two attached hydrogens (primary N) is 1. The van der Waals surface area contributed by atoms with Gasteiger partial charge in [-0.3, -0.25) is 9.59 Å². The van der Waals surface area contributed by atoms with E-state index in [-0.39, 0.29) is 22.1 Å². The number of hydrogen-bond acceptors (Lipinski definition) is 7. The van der Waals surface area contributed by atoms with Crippen molar-refractivity contribution in [3.8, 4) is 17.6 Å². The van der Waals surface area contributed by atoms with E-state index in [9.17, 15) is 19.6 Å².